The monoisotopic (exact) mass is 459 g/mol. The molecule has 3 heterocycles. The molecule has 0 saturated carbocycles. The van der Waals surface area contributed by atoms with Crippen LogP contribution in [0.2, 0.25) is 5.15 Å². The highest BCUT2D eigenvalue weighted by Crippen LogP contribution is 2.27. The molecule has 0 bridgehead atoms. The molecule has 1 amide bonds. The van der Waals surface area contributed by atoms with E-state index < -0.39 is 0 Å². The molecule has 32 heavy (non-hydrogen) atoms. The number of pyridine rings is 1. The minimum absolute atomic E-state index is 0.303. The topological polar surface area (TPSA) is 72.7 Å². The van der Waals surface area contributed by atoms with Gasteiger partial charge in [-0.05, 0) is 23.9 Å². The number of anilines is 1. The Morgan fingerprint density at radius 1 is 1.06 bits per heavy atom. The first-order chi connectivity index (χ1) is 15.6. The summed E-state index contributed by atoms with van der Waals surface area (Å²) in [6.07, 6.45) is 1.83. The number of carbonyl (C=O) groups is 1. The fourth-order valence-electron chi connectivity index (χ4n) is 3.50. The van der Waals surface area contributed by atoms with Crippen molar-refractivity contribution in [1.29, 1.82) is 0 Å². The molecular weight excluding hydrogens is 442 g/mol. The zero-order valence-corrected chi connectivity index (χ0v) is 18.7. The third-order valence-corrected chi connectivity index (χ3v) is 6.23. The van der Waals surface area contributed by atoms with Gasteiger partial charge in [-0.2, -0.15) is 5.10 Å². The first-order valence-corrected chi connectivity index (χ1v) is 11.2. The highest BCUT2D eigenvalue weighted by molar-refractivity contribution is 7.14. The molecule has 0 aliphatic rings. The van der Waals surface area contributed by atoms with Gasteiger partial charge in [-0.25, -0.2) is 9.67 Å². The fraction of sp³-hybridized carbons (Fsp3) is 0.0833. The molecule has 0 atom stereocenters. The molecule has 0 radical (unpaired) electrons. The summed E-state index contributed by atoms with van der Waals surface area (Å²) in [6, 6.07) is 19.9. The van der Waals surface area contributed by atoms with Gasteiger partial charge in [0, 0.05) is 17.0 Å². The second kappa shape index (κ2) is 8.53. The number of fused-ring (bicyclic) bond motifs is 1. The molecule has 8 heteroatoms. The van der Waals surface area contributed by atoms with Crippen LogP contribution in [-0.2, 0) is 6.54 Å². The van der Waals surface area contributed by atoms with E-state index >= 15 is 0 Å². The van der Waals surface area contributed by atoms with Crippen molar-refractivity contribution in [2.75, 3.05) is 5.32 Å². The van der Waals surface area contributed by atoms with E-state index in [9.17, 15) is 4.79 Å². The first-order valence-electron chi connectivity index (χ1n) is 9.97. The maximum atomic E-state index is 12.9. The highest BCUT2D eigenvalue weighted by atomic mass is 35.5. The van der Waals surface area contributed by atoms with E-state index in [1.54, 1.807) is 11.6 Å². The summed E-state index contributed by atoms with van der Waals surface area (Å²) >= 11 is 7.85. The van der Waals surface area contributed by atoms with E-state index in [1.165, 1.54) is 11.3 Å². The number of halogens is 1. The molecule has 5 rings (SSSR count). The molecule has 1 N–H and O–H groups in total. The maximum absolute atomic E-state index is 12.9. The van der Waals surface area contributed by atoms with Crippen molar-refractivity contribution in [2.24, 2.45) is 0 Å². The van der Waals surface area contributed by atoms with Crippen LogP contribution in [0.25, 0.3) is 22.2 Å². The zero-order chi connectivity index (χ0) is 22.1. The van der Waals surface area contributed by atoms with E-state index in [0.717, 1.165) is 22.0 Å². The van der Waals surface area contributed by atoms with Crippen LogP contribution in [0.1, 0.15) is 21.6 Å². The van der Waals surface area contributed by atoms with Crippen LogP contribution in [0.15, 0.2) is 72.2 Å². The van der Waals surface area contributed by atoms with Gasteiger partial charge in [0.25, 0.3) is 5.91 Å². The van der Waals surface area contributed by atoms with Crippen LogP contribution in [-0.4, -0.2) is 25.7 Å². The second-order valence-electron chi connectivity index (χ2n) is 7.30. The lowest BCUT2D eigenvalue weighted by Gasteiger charge is -2.04. The first kappa shape index (κ1) is 20.4. The third kappa shape index (κ3) is 4.00. The van der Waals surface area contributed by atoms with Gasteiger partial charge >= 0.3 is 0 Å². The Bertz CT molecular complexity index is 1430. The SMILES string of the molecule is Cc1nn(Cc2ccccc2)c(Cl)c1C(=O)Nc1nc(-c2cc3ccccc3cn2)cs1. The van der Waals surface area contributed by atoms with Crippen molar-refractivity contribution in [2.45, 2.75) is 13.5 Å². The van der Waals surface area contributed by atoms with Gasteiger partial charge in [-0.3, -0.25) is 15.1 Å². The van der Waals surface area contributed by atoms with Crippen molar-refractivity contribution >= 4 is 44.7 Å². The van der Waals surface area contributed by atoms with Crippen LogP contribution < -0.4 is 5.32 Å². The lowest BCUT2D eigenvalue weighted by molar-refractivity contribution is 0.102. The second-order valence-corrected chi connectivity index (χ2v) is 8.52. The number of rotatable bonds is 5. The van der Waals surface area contributed by atoms with Gasteiger partial charge in [-0.15, -0.1) is 11.3 Å². The number of nitrogens with one attached hydrogen (secondary N) is 1. The van der Waals surface area contributed by atoms with Gasteiger partial charge in [0.15, 0.2) is 5.13 Å². The smallest absolute Gasteiger partial charge is 0.262 e. The lowest BCUT2D eigenvalue weighted by Crippen LogP contribution is -2.13. The Labute approximate surface area is 193 Å². The minimum Gasteiger partial charge on any atom is -0.298 e. The largest absolute Gasteiger partial charge is 0.298 e. The van der Waals surface area contributed by atoms with Crippen LogP contribution >= 0.6 is 22.9 Å². The predicted octanol–water partition coefficient (Wildman–Crippen LogP) is 5.82. The number of benzene rings is 2. The molecule has 3 aromatic heterocycles. The summed E-state index contributed by atoms with van der Waals surface area (Å²) in [7, 11) is 0. The van der Waals surface area contributed by atoms with E-state index in [4.69, 9.17) is 11.6 Å². The van der Waals surface area contributed by atoms with Gasteiger partial charge < -0.3 is 0 Å². The van der Waals surface area contributed by atoms with Crippen molar-refractivity contribution in [1.82, 2.24) is 19.7 Å². The molecule has 0 aliphatic heterocycles. The highest BCUT2D eigenvalue weighted by Gasteiger charge is 2.21. The molecule has 0 unspecified atom stereocenters. The van der Waals surface area contributed by atoms with Crippen LogP contribution in [0.5, 0.6) is 0 Å². The standard InChI is InChI=1S/C24H18ClN5OS/c1-15-21(22(25)30(29-15)13-16-7-3-2-4-8-16)23(31)28-24-27-20(14-32-24)19-11-17-9-5-6-10-18(17)12-26-19/h2-12,14H,13H2,1H3,(H,27,28,31). The van der Waals surface area contributed by atoms with Crippen LogP contribution in [0.3, 0.4) is 0 Å². The Hall–Kier alpha value is -3.55. The number of hydrogen-bond acceptors (Lipinski definition) is 5. The van der Waals surface area contributed by atoms with Gasteiger partial charge in [0.2, 0.25) is 0 Å². The summed E-state index contributed by atoms with van der Waals surface area (Å²) in [5, 5.41) is 12.1. The fourth-order valence-corrected chi connectivity index (χ4v) is 4.52. The molecule has 158 valence electrons. The average Bonchev–Trinajstić information content (AvgIpc) is 3.38. The van der Waals surface area contributed by atoms with Crippen molar-refractivity contribution < 1.29 is 4.79 Å². The molecule has 2 aromatic carbocycles. The molecule has 0 aliphatic carbocycles. The van der Waals surface area contributed by atoms with E-state index in [1.807, 2.05) is 72.2 Å². The average molecular weight is 460 g/mol. The molecule has 0 saturated heterocycles. The van der Waals surface area contributed by atoms with Gasteiger partial charge in [-0.1, -0.05) is 66.2 Å². The van der Waals surface area contributed by atoms with Crippen molar-refractivity contribution in [3.05, 3.63) is 94.2 Å². The van der Waals surface area contributed by atoms with Gasteiger partial charge in [0.1, 0.15) is 10.8 Å². The number of amides is 1. The van der Waals surface area contributed by atoms with Crippen molar-refractivity contribution in [3.63, 3.8) is 0 Å². The molecule has 0 spiro atoms. The minimum atomic E-state index is -0.334. The number of thiazole rings is 1. The Kier molecular flexibility index (Phi) is 5.43. The quantitative estimate of drug-likeness (QED) is 0.359. The van der Waals surface area contributed by atoms with Crippen molar-refractivity contribution in [3.8, 4) is 11.4 Å². The zero-order valence-electron chi connectivity index (χ0n) is 17.1. The van der Waals surface area contributed by atoms with E-state index in [2.05, 4.69) is 20.4 Å². The Balaban J connectivity index is 1.36. The third-order valence-electron chi connectivity index (χ3n) is 5.09. The summed E-state index contributed by atoms with van der Waals surface area (Å²) in [4.78, 5) is 22.0. The molecular formula is C24H18ClN5OS. The number of aryl methyl sites for hydroxylation is 1. The summed E-state index contributed by atoms with van der Waals surface area (Å²) < 4.78 is 1.63. The van der Waals surface area contributed by atoms with E-state index in [-0.39, 0.29) is 5.91 Å². The van der Waals surface area contributed by atoms with Crippen LogP contribution in [0.4, 0.5) is 5.13 Å². The predicted molar refractivity (Wildman–Crippen MR) is 128 cm³/mol. The number of nitrogens with zero attached hydrogens (tertiary/aromatic N) is 4. The summed E-state index contributed by atoms with van der Waals surface area (Å²) in [5.74, 6) is -0.334. The summed E-state index contributed by atoms with van der Waals surface area (Å²) in [6.45, 7) is 2.26. The molecule has 0 fully saturated rings. The van der Waals surface area contributed by atoms with E-state index in [0.29, 0.717) is 33.8 Å². The normalized spacial score (nSPS) is 11.1. The molecule has 6 nitrogen and oxygen atoms in total. The van der Waals surface area contributed by atoms with Gasteiger partial charge in [0.05, 0.1) is 23.5 Å². The molecule has 5 aromatic rings. The lowest BCUT2D eigenvalue weighted by atomic mass is 10.1. The number of aromatic nitrogens is 4. The summed E-state index contributed by atoms with van der Waals surface area (Å²) in [5.41, 5.74) is 3.43. The number of hydrogen-bond donors (Lipinski definition) is 1. The Morgan fingerprint density at radius 2 is 1.81 bits per heavy atom. The van der Waals surface area contributed by atoms with Crippen LogP contribution in [0, 0.1) is 6.92 Å². The Morgan fingerprint density at radius 3 is 2.62 bits per heavy atom. The maximum Gasteiger partial charge on any atom is 0.262 e. The number of carbonyl (C=O) groups excluding carboxylic acids is 1.